The molecule has 1 N–H and O–H groups in total. The van der Waals surface area contributed by atoms with Crippen LogP contribution in [-0.4, -0.2) is 22.8 Å². The first kappa shape index (κ1) is 20.4. The maximum atomic E-state index is 13.1. The van der Waals surface area contributed by atoms with Gasteiger partial charge in [0.15, 0.2) is 0 Å². The van der Waals surface area contributed by atoms with Crippen molar-refractivity contribution in [3.05, 3.63) is 87.0 Å². The fourth-order valence-corrected chi connectivity index (χ4v) is 3.54. The number of methoxy groups -OCH3 is 1. The molecule has 0 radical (unpaired) electrons. The molecule has 0 spiro atoms. The van der Waals surface area contributed by atoms with E-state index in [1.54, 1.807) is 18.2 Å². The van der Waals surface area contributed by atoms with Gasteiger partial charge in [0.1, 0.15) is 11.3 Å². The number of aryl methyl sites for hydroxylation is 2. The van der Waals surface area contributed by atoms with Crippen molar-refractivity contribution in [3.8, 4) is 5.75 Å². The smallest absolute Gasteiger partial charge is 0.337 e. The summed E-state index contributed by atoms with van der Waals surface area (Å²) in [5.41, 5.74) is 4.41. The number of aromatic nitrogens is 2. The minimum absolute atomic E-state index is 0.235. The molecule has 0 bridgehead atoms. The van der Waals surface area contributed by atoms with E-state index in [0.717, 1.165) is 11.3 Å². The van der Waals surface area contributed by atoms with Crippen LogP contribution < -0.4 is 15.7 Å². The van der Waals surface area contributed by atoms with Crippen LogP contribution in [0.25, 0.3) is 11.0 Å². The zero-order valence-electron chi connectivity index (χ0n) is 17.9. The average molecular weight is 417 g/mol. The van der Waals surface area contributed by atoms with Gasteiger partial charge in [0.25, 0.3) is 5.91 Å². The Balaban J connectivity index is 1.65. The molecule has 0 aliphatic carbocycles. The van der Waals surface area contributed by atoms with Gasteiger partial charge in [-0.3, -0.25) is 9.48 Å². The molecule has 0 atom stereocenters. The Morgan fingerprint density at radius 1 is 1.10 bits per heavy atom. The predicted octanol–water partition coefficient (Wildman–Crippen LogP) is 4.22. The summed E-state index contributed by atoms with van der Waals surface area (Å²) in [7, 11) is 1.52. The van der Waals surface area contributed by atoms with Crippen LogP contribution >= 0.6 is 0 Å². The largest absolute Gasteiger partial charge is 0.497 e. The number of ether oxygens (including phenoxy) is 1. The number of amides is 1. The molecule has 0 fully saturated rings. The van der Waals surface area contributed by atoms with Crippen molar-refractivity contribution in [3.63, 3.8) is 0 Å². The molecule has 7 nitrogen and oxygen atoms in total. The lowest BCUT2D eigenvalue weighted by atomic mass is 10.1. The first-order valence-electron chi connectivity index (χ1n) is 9.88. The molecular formula is C24H23N3O4. The third kappa shape index (κ3) is 4.07. The van der Waals surface area contributed by atoms with Crippen LogP contribution in [0.2, 0.25) is 0 Å². The van der Waals surface area contributed by atoms with Gasteiger partial charge in [0.2, 0.25) is 0 Å². The lowest BCUT2D eigenvalue weighted by Gasteiger charge is -2.09. The lowest BCUT2D eigenvalue weighted by Crippen LogP contribution is -2.16. The van der Waals surface area contributed by atoms with Gasteiger partial charge in [-0.2, -0.15) is 5.10 Å². The molecule has 0 unspecified atom stereocenters. The second-order valence-corrected chi connectivity index (χ2v) is 7.48. The molecule has 1 amide bonds. The van der Waals surface area contributed by atoms with Crippen LogP contribution in [0.4, 0.5) is 5.69 Å². The molecule has 4 aromatic rings. The third-order valence-corrected chi connectivity index (χ3v) is 5.27. The monoisotopic (exact) mass is 417 g/mol. The summed E-state index contributed by atoms with van der Waals surface area (Å²) in [6.07, 6.45) is 0. The van der Waals surface area contributed by atoms with Crippen molar-refractivity contribution in [2.24, 2.45) is 0 Å². The minimum atomic E-state index is -0.602. The van der Waals surface area contributed by atoms with Gasteiger partial charge in [-0.25, -0.2) is 4.79 Å². The summed E-state index contributed by atoms with van der Waals surface area (Å²) in [5, 5.41) is 8.03. The van der Waals surface area contributed by atoms with E-state index in [2.05, 4.69) is 34.7 Å². The van der Waals surface area contributed by atoms with E-state index in [1.165, 1.54) is 18.7 Å². The van der Waals surface area contributed by atoms with E-state index >= 15 is 0 Å². The van der Waals surface area contributed by atoms with Crippen molar-refractivity contribution in [2.75, 3.05) is 12.4 Å². The van der Waals surface area contributed by atoms with Crippen molar-refractivity contribution < 1.29 is 13.9 Å². The SMILES string of the molecule is COc1ccc2c(C(=O)Nc3c(C)nn(Cc4ccc(C)cc4)c3C)cc(=O)oc2c1. The van der Waals surface area contributed by atoms with E-state index in [0.29, 0.717) is 34.6 Å². The number of hydrogen-bond donors (Lipinski definition) is 1. The second-order valence-electron chi connectivity index (χ2n) is 7.48. The number of benzene rings is 2. The van der Waals surface area contributed by atoms with Crippen molar-refractivity contribution >= 4 is 22.6 Å². The van der Waals surface area contributed by atoms with E-state index in [9.17, 15) is 9.59 Å². The number of hydrogen-bond acceptors (Lipinski definition) is 5. The van der Waals surface area contributed by atoms with Crippen LogP contribution in [-0.2, 0) is 6.54 Å². The highest BCUT2D eigenvalue weighted by Gasteiger charge is 2.19. The van der Waals surface area contributed by atoms with Gasteiger partial charge in [0, 0.05) is 17.5 Å². The highest BCUT2D eigenvalue weighted by molar-refractivity contribution is 6.12. The van der Waals surface area contributed by atoms with Gasteiger partial charge in [-0.05, 0) is 38.5 Å². The molecule has 31 heavy (non-hydrogen) atoms. The Hall–Kier alpha value is -3.87. The standard InChI is InChI=1S/C24H23N3O4/c1-14-5-7-17(8-6-14)13-27-16(3)23(15(2)26-27)25-24(29)20-12-22(28)31-21-11-18(30-4)9-10-19(20)21/h5-12H,13H2,1-4H3,(H,25,29). The third-order valence-electron chi connectivity index (χ3n) is 5.27. The van der Waals surface area contributed by atoms with Crippen molar-refractivity contribution in [1.29, 1.82) is 0 Å². The topological polar surface area (TPSA) is 86.4 Å². The Kier molecular flexibility index (Phi) is 5.33. The molecule has 158 valence electrons. The van der Waals surface area contributed by atoms with Crippen molar-refractivity contribution in [1.82, 2.24) is 9.78 Å². The first-order valence-corrected chi connectivity index (χ1v) is 9.88. The van der Waals surface area contributed by atoms with Crippen LogP contribution in [0.5, 0.6) is 5.75 Å². The summed E-state index contributed by atoms with van der Waals surface area (Å²) >= 11 is 0. The molecule has 2 aromatic heterocycles. The van der Waals surface area contributed by atoms with Gasteiger partial charge < -0.3 is 14.5 Å². The number of carbonyl (C=O) groups excluding carboxylic acids is 1. The molecule has 0 saturated heterocycles. The highest BCUT2D eigenvalue weighted by atomic mass is 16.5. The highest BCUT2D eigenvalue weighted by Crippen LogP contribution is 2.25. The molecule has 0 aliphatic rings. The predicted molar refractivity (Wildman–Crippen MR) is 119 cm³/mol. The van der Waals surface area contributed by atoms with Gasteiger partial charge in [-0.1, -0.05) is 29.8 Å². The van der Waals surface area contributed by atoms with E-state index in [4.69, 9.17) is 9.15 Å². The molecule has 0 saturated carbocycles. The zero-order valence-corrected chi connectivity index (χ0v) is 17.9. The molecular weight excluding hydrogens is 394 g/mol. The lowest BCUT2D eigenvalue weighted by molar-refractivity contribution is 0.102. The Bertz CT molecular complexity index is 1330. The molecule has 0 aliphatic heterocycles. The first-order chi connectivity index (χ1) is 14.9. The summed E-state index contributed by atoms with van der Waals surface area (Å²) in [6, 6.07) is 14.5. The summed E-state index contributed by atoms with van der Waals surface area (Å²) < 4.78 is 12.3. The van der Waals surface area contributed by atoms with Crippen molar-refractivity contribution in [2.45, 2.75) is 27.3 Å². The average Bonchev–Trinajstić information content (AvgIpc) is 3.01. The normalized spacial score (nSPS) is 11.0. The van der Waals surface area contributed by atoms with E-state index < -0.39 is 11.5 Å². The zero-order chi connectivity index (χ0) is 22.1. The summed E-state index contributed by atoms with van der Waals surface area (Å²) in [6.45, 7) is 6.40. The fourth-order valence-electron chi connectivity index (χ4n) is 3.54. The molecule has 7 heteroatoms. The maximum absolute atomic E-state index is 13.1. The second kappa shape index (κ2) is 8.10. The minimum Gasteiger partial charge on any atom is -0.497 e. The number of nitrogens with zero attached hydrogens (tertiary/aromatic N) is 2. The summed E-state index contributed by atoms with van der Waals surface area (Å²) in [4.78, 5) is 25.1. The molecule has 2 heterocycles. The van der Waals surface area contributed by atoms with Crippen LogP contribution in [0.3, 0.4) is 0 Å². The van der Waals surface area contributed by atoms with E-state index in [-0.39, 0.29) is 5.56 Å². The quantitative estimate of drug-likeness (QED) is 0.491. The van der Waals surface area contributed by atoms with Crippen LogP contribution in [0.1, 0.15) is 32.9 Å². The van der Waals surface area contributed by atoms with Crippen LogP contribution in [0, 0.1) is 20.8 Å². The van der Waals surface area contributed by atoms with Gasteiger partial charge >= 0.3 is 5.63 Å². The van der Waals surface area contributed by atoms with Crippen LogP contribution in [0.15, 0.2) is 57.7 Å². The Labute approximate surface area is 179 Å². The molecule has 2 aromatic carbocycles. The van der Waals surface area contributed by atoms with E-state index in [1.807, 2.05) is 25.5 Å². The summed E-state index contributed by atoms with van der Waals surface area (Å²) in [5.74, 6) is 0.140. The number of fused-ring (bicyclic) bond motifs is 1. The number of carbonyl (C=O) groups is 1. The Morgan fingerprint density at radius 2 is 1.84 bits per heavy atom. The number of rotatable bonds is 5. The maximum Gasteiger partial charge on any atom is 0.337 e. The number of anilines is 1. The fraction of sp³-hybridized carbons (Fsp3) is 0.208. The van der Waals surface area contributed by atoms with Gasteiger partial charge in [0.05, 0.1) is 36.3 Å². The number of nitrogens with one attached hydrogen (secondary N) is 1. The molecule has 4 rings (SSSR count). The Morgan fingerprint density at radius 3 is 2.55 bits per heavy atom. The van der Waals surface area contributed by atoms with Gasteiger partial charge in [-0.15, -0.1) is 0 Å².